The molecular formula is C10H13I. The Labute approximate surface area is 82.2 Å². The molecule has 0 unspecified atom stereocenters. The zero-order valence-corrected chi connectivity index (χ0v) is 9.34. The molecule has 0 nitrogen and oxygen atoms in total. The van der Waals surface area contributed by atoms with Gasteiger partial charge in [-0.05, 0) is 26.3 Å². The van der Waals surface area contributed by atoms with Gasteiger partial charge in [0.25, 0.3) is 0 Å². The molecule has 60 valence electrons. The fourth-order valence-corrected chi connectivity index (χ4v) is 1.31. The van der Waals surface area contributed by atoms with Crippen LogP contribution in [0, 0.1) is 6.92 Å². The molecule has 0 saturated carbocycles. The van der Waals surface area contributed by atoms with Crippen molar-refractivity contribution >= 4 is 22.6 Å². The molecule has 0 N–H and O–H groups in total. The lowest BCUT2D eigenvalue weighted by Gasteiger charge is -2.16. The number of hydrogen-bond donors (Lipinski definition) is 0. The lowest BCUT2D eigenvalue weighted by atomic mass is 10.0. The molecule has 1 heteroatoms. The summed E-state index contributed by atoms with van der Waals surface area (Å²) in [7, 11) is 0. The highest BCUT2D eigenvalue weighted by molar-refractivity contribution is 14.1. The van der Waals surface area contributed by atoms with Crippen molar-refractivity contribution in [1.82, 2.24) is 0 Å². The fraction of sp³-hybridized carbons (Fsp3) is 0.400. The molecule has 0 heterocycles. The van der Waals surface area contributed by atoms with Gasteiger partial charge in [0.05, 0.1) is 0 Å². The van der Waals surface area contributed by atoms with Crippen LogP contribution >= 0.6 is 22.6 Å². The summed E-state index contributed by atoms with van der Waals surface area (Å²) >= 11 is 2.45. The number of aryl methyl sites for hydroxylation is 1. The Kier molecular flexibility index (Phi) is 2.58. The molecule has 0 aliphatic heterocycles. The molecule has 0 radical (unpaired) electrons. The maximum atomic E-state index is 2.45. The Morgan fingerprint density at radius 2 is 1.55 bits per heavy atom. The summed E-state index contributed by atoms with van der Waals surface area (Å²) in [5, 5.41) is 0. The maximum Gasteiger partial charge on any atom is 0.0414 e. The SMILES string of the molecule is Cc1ccc(C(C)(C)I)cc1. The first-order valence-electron chi connectivity index (χ1n) is 3.76. The van der Waals surface area contributed by atoms with Gasteiger partial charge in [-0.2, -0.15) is 0 Å². The molecular weight excluding hydrogens is 247 g/mol. The minimum Gasteiger partial charge on any atom is -0.0743 e. The average Bonchev–Trinajstić information content (AvgIpc) is 1.86. The van der Waals surface area contributed by atoms with Crippen molar-refractivity contribution in [2.24, 2.45) is 0 Å². The molecule has 1 aromatic carbocycles. The van der Waals surface area contributed by atoms with E-state index in [-0.39, 0.29) is 3.42 Å². The van der Waals surface area contributed by atoms with Crippen molar-refractivity contribution < 1.29 is 0 Å². The molecule has 0 atom stereocenters. The van der Waals surface area contributed by atoms with Gasteiger partial charge in [-0.15, -0.1) is 0 Å². The summed E-state index contributed by atoms with van der Waals surface area (Å²) in [6.45, 7) is 6.56. The van der Waals surface area contributed by atoms with Crippen LogP contribution in [0.5, 0.6) is 0 Å². The van der Waals surface area contributed by atoms with Crippen LogP contribution < -0.4 is 0 Å². The van der Waals surface area contributed by atoms with Gasteiger partial charge in [0.2, 0.25) is 0 Å². The Morgan fingerprint density at radius 3 is 1.91 bits per heavy atom. The van der Waals surface area contributed by atoms with Crippen molar-refractivity contribution in [3.05, 3.63) is 35.4 Å². The van der Waals surface area contributed by atoms with Crippen LogP contribution in [0.2, 0.25) is 0 Å². The van der Waals surface area contributed by atoms with Crippen LogP contribution in [0.4, 0.5) is 0 Å². The summed E-state index contributed by atoms with van der Waals surface area (Å²) < 4.78 is 0.255. The lowest BCUT2D eigenvalue weighted by Crippen LogP contribution is -2.05. The number of hydrogen-bond acceptors (Lipinski definition) is 0. The van der Waals surface area contributed by atoms with E-state index < -0.39 is 0 Å². The standard InChI is InChI=1S/C10H13I/c1-8-4-6-9(7-5-8)10(2,3)11/h4-7H,1-3H3. The van der Waals surface area contributed by atoms with E-state index in [9.17, 15) is 0 Å². The van der Waals surface area contributed by atoms with Crippen LogP contribution in [0.3, 0.4) is 0 Å². The molecule has 1 aromatic rings. The van der Waals surface area contributed by atoms with Gasteiger partial charge in [-0.1, -0.05) is 52.4 Å². The predicted molar refractivity (Wildman–Crippen MR) is 58.2 cm³/mol. The van der Waals surface area contributed by atoms with Crippen LogP contribution in [0.25, 0.3) is 0 Å². The van der Waals surface area contributed by atoms with E-state index in [1.54, 1.807) is 0 Å². The van der Waals surface area contributed by atoms with E-state index in [0.717, 1.165) is 0 Å². The molecule has 0 aromatic heterocycles. The van der Waals surface area contributed by atoms with Crippen LogP contribution in [-0.2, 0) is 3.42 Å². The minimum atomic E-state index is 0.255. The Morgan fingerprint density at radius 1 is 1.09 bits per heavy atom. The van der Waals surface area contributed by atoms with Gasteiger partial charge in [0.1, 0.15) is 0 Å². The maximum absolute atomic E-state index is 2.45. The first-order valence-corrected chi connectivity index (χ1v) is 4.84. The second-order valence-electron chi connectivity index (χ2n) is 3.34. The van der Waals surface area contributed by atoms with E-state index in [4.69, 9.17) is 0 Å². The molecule has 0 aliphatic carbocycles. The summed E-state index contributed by atoms with van der Waals surface area (Å²) in [6.07, 6.45) is 0. The third-order valence-electron chi connectivity index (χ3n) is 1.74. The van der Waals surface area contributed by atoms with Gasteiger partial charge in [0.15, 0.2) is 0 Å². The van der Waals surface area contributed by atoms with Crippen LogP contribution in [0.1, 0.15) is 25.0 Å². The van der Waals surface area contributed by atoms with Crippen molar-refractivity contribution in [3.8, 4) is 0 Å². The fourth-order valence-electron chi connectivity index (χ4n) is 0.950. The van der Waals surface area contributed by atoms with E-state index in [0.29, 0.717) is 0 Å². The topological polar surface area (TPSA) is 0 Å². The smallest absolute Gasteiger partial charge is 0.0414 e. The summed E-state index contributed by atoms with van der Waals surface area (Å²) in [6, 6.07) is 8.72. The molecule has 0 bridgehead atoms. The number of rotatable bonds is 1. The summed E-state index contributed by atoms with van der Waals surface area (Å²) in [5.74, 6) is 0. The van der Waals surface area contributed by atoms with Crippen molar-refractivity contribution in [1.29, 1.82) is 0 Å². The third-order valence-corrected chi connectivity index (χ3v) is 2.36. The van der Waals surface area contributed by atoms with E-state index in [1.165, 1.54) is 11.1 Å². The van der Waals surface area contributed by atoms with Gasteiger partial charge < -0.3 is 0 Å². The molecule has 0 aliphatic rings. The van der Waals surface area contributed by atoms with Gasteiger partial charge >= 0.3 is 0 Å². The lowest BCUT2D eigenvalue weighted by molar-refractivity contribution is 0.826. The first-order chi connectivity index (χ1) is 5.00. The monoisotopic (exact) mass is 260 g/mol. The van der Waals surface area contributed by atoms with Crippen molar-refractivity contribution in [2.75, 3.05) is 0 Å². The molecule has 1 rings (SSSR count). The quantitative estimate of drug-likeness (QED) is 0.534. The Hall–Kier alpha value is -0.0500. The highest BCUT2D eigenvalue weighted by Gasteiger charge is 2.14. The number of benzene rings is 1. The number of alkyl halides is 1. The van der Waals surface area contributed by atoms with Gasteiger partial charge in [0, 0.05) is 3.42 Å². The molecule has 0 spiro atoms. The predicted octanol–water partition coefficient (Wildman–Crippen LogP) is 3.67. The second-order valence-corrected chi connectivity index (χ2v) is 6.04. The van der Waals surface area contributed by atoms with Crippen molar-refractivity contribution in [2.45, 2.75) is 24.2 Å². The van der Waals surface area contributed by atoms with Crippen molar-refractivity contribution in [3.63, 3.8) is 0 Å². The summed E-state index contributed by atoms with van der Waals surface area (Å²) in [5.41, 5.74) is 2.72. The average molecular weight is 260 g/mol. The van der Waals surface area contributed by atoms with Gasteiger partial charge in [-0.25, -0.2) is 0 Å². The summed E-state index contributed by atoms with van der Waals surface area (Å²) in [4.78, 5) is 0. The first kappa shape index (κ1) is 9.04. The number of halogens is 1. The van der Waals surface area contributed by atoms with E-state index in [1.807, 2.05) is 0 Å². The third kappa shape index (κ3) is 2.47. The molecule has 0 saturated heterocycles. The second kappa shape index (κ2) is 3.13. The minimum absolute atomic E-state index is 0.255. The van der Waals surface area contributed by atoms with Gasteiger partial charge in [-0.3, -0.25) is 0 Å². The van der Waals surface area contributed by atoms with E-state index >= 15 is 0 Å². The molecule has 0 amide bonds. The largest absolute Gasteiger partial charge is 0.0743 e. The highest BCUT2D eigenvalue weighted by Crippen LogP contribution is 2.30. The van der Waals surface area contributed by atoms with E-state index in [2.05, 4.69) is 67.6 Å². The normalized spacial score (nSPS) is 11.6. The zero-order valence-electron chi connectivity index (χ0n) is 7.19. The molecule has 11 heavy (non-hydrogen) atoms. The van der Waals surface area contributed by atoms with Crippen LogP contribution in [0.15, 0.2) is 24.3 Å². The molecule has 0 fully saturated rings. The zero-order chi connectivity index (χ0) is 8.48. The van der Waals surface area contributed by atoms with Crippen LogP contribution in [-0.4, -0.2) is 0 Å². The highest BCUT2D eigenvalue weighted by atomic mass is 127. The Balaban J connectivity index is 2.99. The Bertz CT molecular complexity index is 228.